The number of benzene rings is 2. The average molecular weight is 279 g/mol. The quantitative estimate of drug-likeness (QED) is 0.745. The molecule has 1 aromatic heterocycles. The summed E-state index contributed by atoms with van der Waals surface area (Å²) in [5.74, 6) is 0. The molecule has 2 atom stereocenters. The van der Waals surface area contributed by atoms with Crippen molar-refractivity contribution >= 4 is 21.8 Å². The molecule has 2 aromatic carbocycles. The SMILES string of the molecule is c1ccc2c(c1)[nH]c1c(CC3CO3)c(CC3CO3)ccc12. The molecule has 3 heteroatoms. The Balaban J connectivity index is 1.73. The molecule has 3 aromatic rings. The van der Waals surface area contributed by atoms with Crippen LogP contribution in [0.5, 0.6) is 0 Å². The summed E-state index contributed by atoms with van der Waals surface area (Å²) < 4.78 is 10.9. The van der Waals surface area contributed by atoms with Gasteiger partial charge in [0.05, 0.1) is 30.9 Å². The third kappa shape index (κ3) is 2.04. The monoisotopic (exact) mass is 279 g/mol. The van der Waals surface area contributed by atoms with Gasteiger partial charge in [0, 0.05) is 29.1 Å². The van der Waals surface area contributed by atoms with E-state index in [1.54, 1.807) is 0 Å². The Morgan fingerprint density at radius 3 is 2.48 bits per heavy atom. The zero-order valence-corrected chi connectivity index (χ0v) is 11.8. The zero-order valence-electron chi connectivity index (χ0n) is 11.8. The molecule has 2 fully saturated rings. The van der Waals surface area contributed by atoms with E-state index in [1.807, 2.05) is 0 Å². The topological polar surface area (TPSA) is 40.9 Å². The minimum atomic E-state index is 0.404. The minimum Gasteiger partial charge on any atom is -0.373 e. The van der Waals surface area contributed by atoms with Crippen LogP contribution < -0.4 is 0 Å². The van der Waals surface area contributed by atoms with E-state index in [9.17, 15) is 0 Å². The number of aromatic amines is 1. The van der Waals surface area contributed by atoms with Gasteiger partial charge in [0.1, 0.15) is 0 Å². The smallest absolute Gasteiger partial charge is 0.0851 e. The van der Waals surface area contributed by atoms with E-state index in [1.165, 1.54) is 32.9 Å². The third-order valence-corrected chi connectivity index (χ3v) is 4.57. The summed E-state index contributed by atoms with van der Waals surface area (Å²) >= 11 is 0. The molecule has 2 aliphatic heterocycles. The summed E-state index contributed by atoms with van der Waals surface area (Å²) in [6, 6.07) is 13.1. The summed E-state index contributed by atoms with van der Waals surface area (Å²) in [7, 11) is 0. The number of nitrogens with one attached hydrogen (secondary N) is 1. The lowest BCUT2D eigenvalue weighted by atomic mass is 9.96. The molecule has 21 heavy (non-hydrogen) atoms. The standard InChI is InChI=1S/C18H17NO2/c1-2-4-17-14(3-1)15-6-5-11(7-12-9-20-12)16(18(15)19-17)8-13-10-21-13/h1-6,12-13,19H,7-10H2. The Morgan fingerprint density at radius 1 is 0.905 bits per heavy atom. The van der Waals surface area contributed by atoms with Crippen LogP contribution in [0.2, 0.25) is 0 Å². The molecule has 0 radical (unpaired) electrons. The molecule has 0 spiro atoms. The highest BCUT2D eigenvalue weighted by molar-refractivity contribution is 6.08. The van der Waals surface area contributed by atoms with Gasteiger partial charge in [-0.25, -0.2) is 0 Å². The van der Waals surface area contributed by atoms with Gasteiger partial charge in [0.15, 0.2) is 0 Å². The van der Waals surface area contributed by atoms with E-state index >= 15 is 0 Å². The predicted molar refractivity (Wildman–Crippen MR) is 82.7 cm³/mol. The Kier molecular flexibility index (Phi) is 2.43. The Morgan fingerprint density at radius 2 is 1.67 bits per heavy atom. The summed E-state index contributed by atoms with van der Waals surface area (Å²) in [6.07, 6.45) is 2.85. The molecule has 2 unspecified atom stereocenters. The lowest BCUT2D eigenvalue weighted by Gasteiger charge is -2.09. The molecule has 0 amide bonds. The maximum absolute atomic E-state index is 5.47. The molecule has 3 heterocycles. The van der Waals surface area contributed by atoms with Crippen molar-refractivity contribution in [3.8, 4) is 0 Å². The highest BCUT2D eigenvalue weighted by Crippen LogP contribution is 2.33. The van der Waals surface area contributed by atoms with Crippen molar-refractivity contribution in [2.45, 2.75) is 25.0 Å². The van der Waals surface area contributed by atoms with Crippen LogP contribution in [0.1, 0.15) is 11.1 Å². The first-order chi connectivity index (χ1) is 10.4. The van der Waals surface area contributed by atoms with Crippen LogP contribution in [0.15, 0.2) is 36.4 Å². The van der Waals surface area contributed by atoms with Gasteiger partial charge in [-0.15, -0.1) is 0 Å². The first kappa shape index (κ1) is 11.8. The molecule has 0 bridgehead atoms. The maximum Gasteiger partial charge on any atom is 0.0851 e. The van der Waals surface area contributed by atoms with Crippen molar-refractivity contribution in [1.82, 2.24) is 4.98 Å². The minimum absolute atomic E-state index is 0.404. The number of hydrogen-bond acceptors (Lipinski definition) is 2. The number of aromatic nitrogens is 1. The van der Waals surface area contributed by atoms with Gasteiger partial charge >= 0.3 is 0 Å². The van der Waals surface area contributed by atoms with Crippen molar-refractivity contribution in [3.05, 3.63) is 47.5 Å². The van der Waals surface area contributed by atoms with Crippen LogP contribution in [0, 0.1) is 0 Å². The van der Waals surface area contributed by atoms with Crippen LogP contribution in [0.25, 0.3) is 21.8 Å². The molecule has 2 saturated heterocycles. The number of H-pyrrole nitrogens is 1. The van der Waals surface area contributed by atoms with Crippen molar-refractivity contribution in [2.24, 2.45) is 0 Å². The van der Waals surface area contributed by atoms with Crippen LogP contribution in [-0.2, 0) is 22.3 Å². The van der Waals surface area contributed by atoms with Crippen LogP contribution >= 0.6 is 0 Å². The van der Waals surface area contributed by atoms with Gasteiger partial charge in [-0.3, -0.25) is 0 Å². The highest BCUT2D eigenvalue weighted by Gasteiger charge is 2.28. The largest absolute Gasteiger partial charge is 0.373 e. The van der Waals surface area contributed by atoms with E-state index in [4.69, 9.17) is 9.47 Å². The average Bonchev–Trinajstić information content (AvgIpc) is 3.41. The number of rotatable bonds is 4. The van der Waals surface area contributed by atoms with Crippen molar-refractivity contribution < 1.29 is 9.47 Å². The fourth-order valence-electron chi connectivity index (χ4n) is 3.29. The summed E-state index contributed by atoms with van der Waals surface area (Å²) in [4.78, 5) is 3.62. The lowest BCUT2D eigenvalue weighted by Crippen LogP contribution is -2.03. The van der Waals surface area contributed by atoms with Gasteiger partial charge in [-0.2, -0.15) is 0 Å². The number of ether oxygens (including phenoxy) is 2. The number of hydrogen-bond donors (Lipinski definition) is 1. The molecular weight excluding hydrogens is 262 g/mol. The normalized spacial score (nSPS) is 23.8. The first-order valence-corrected chi connectivity index (χ1v) is 7.63. The summed E-state index contributed by atoms with van der Waals surface area (Å²) in [6.45, 7) is 1.81. The van der Waals surface area contributed by atoms with E-state index in [-0.39, 0.29) is 0 Å². The second-order valence-electron chi connectivity index (χ2n) is 6.12. The number of para-hydroxylation sites is 1. The number of epoxide rings is 2. The highest BCUT2D eigenvalue weighted by atomic mass is 16.6. The number of fused-ring (bicyclic) bond motifs is 3. The molecule has 3 nitrogen and oxygen atoms in total. The van der Waals surface area contributed by atoms with E-state index in [0.29, 0.717) is 12.2 Å². The Hall–Kier alpha value is -1.84. The molecule has 1 N–H and O–H groups in total. The van der Waals surface area contributed by atoms with Gasteiger partial charge in [-0.05, 0) is 17.2 Å². The Bertz CT molecular complexity index is 828. The fraction of sp³-hybridized carbons (Fsp3) is 0.333. The Labute approximate surface area is 122 Å². The summed E-state index contributed by atoms with van der Waals surface area (Å²) in [5.41, 5.74) is 5.32. The van der Waals surface area contributed by atoms with Gasteiger partial charge in [0.2, 0.25) is 0 Å². The molecule has 0 saturated carbocycles. The summed E-state index contributed by atoms with van der Waals surface area (Å²) in [5, 5.41) is 2.63. The second kappa shape index (κ2) is 4.33. The molecule has 0 aliphatic carbocycles. The molecule has 2 aliphatic rings. The first-order valence-electron chi connectivity index (χ1n) is 7.63. The van der Waals surface area contributed by atoms with Crippen LogP contribution in [0.3, 0.4) is 0 Å². The van der Waals surface area contributed by atoms with E-state index < -0.39 is 0 Å². The van der Waals surface area contributed by atoms with Crippen molar-refractivity contribution in [1.29, 1.82) is 0 Å². The molecule has 5 rings (SSSR count). The van der Waals surface area contributed by atoms with Gasteiger partial charge in [-0.1, -0.05) is 30.3 Å². The third-order valence-electron chi connectivity index (χ3n) is 4.57. The van der Waals surface area contributed by atoms with Gasteiger partial charge < -0.3 is 14.5 Å². The molecular formula is C18H17NO2. The zero-order chi connectivity index (χ0) is 13.8. The fourth-order valence-corrected chi connectivity index (χ4v) is 3.29. The van der Waals surface area contributed by atoms with Gasteiger partial charge in [0.25, 0.3) is 0 Å². The van der Waals surface area contributed by atoms with Crippen LogP contribution in [-0.4, -0.2) is 30.4 Å². The van der Waals surface area contributed by atoms with Crippen molar-refractivity contribution in [2.75, 3.05) is 13.2 Å². The molecule has 106 valence electrons. The predicted octanol–water partition coefficient (Wildman–Crippen LogP) is 3.20. The van der Waals surface area contributed by atoms with E-state index in [2.05, 4.69) is 41.4 Å². The van der Waals surface area contributed by atoms with E-state index in [0.717, 1.165) is 26.1 Å². The van der Waals surface area contributed by atoms with Crippen LogP contribution in [0.4, 0.5) is 0 Å². The van der Waals surface area contributed by atoms with Crippen molar-refractivity contribution in [3.63, 3.8) is 0 Å². The lowest BCUT2D eigenvalue weighted by molar-refractivity contribution is 0.402. The maximum atomic E-state index is 5.47. The second-order valence-corrected chi connectivity index (χ2v) is 6.12.